The summed E-state index contributed by atoms with van der Waals surface area (Å²) >= 11 is 0. The number of hydrogen-bond acceptors (Lipinski definition) is 0. The smallest absolute Gasteiger partial charge is 1.00 e. The van der Waals surface area contributed by atoms with E-state index in [1.54, 1.807) is 0 Å². The van der Waals surface area contributed by atoms with Gasteiger partial charge in [0.1, 0.15) is 0 Å². The molecule has 0 atom stereocenters. The van der Waals surface area contributed by atoms with Crippen LogP contribution in [0.3, 0.4) is 0 Å². The standard InChI is InChI=1S/C11H25Si.ClH.Mg/c1-5-6-7-8-9-10-11-12(2,3)4;;/h2,5-11H2,1,3-4H3;1H;/q-1;;+2/p-1. The molecule has 0 saturated heterocycles. The molecule has 0 spiro atoms. The van der Waals surface area contributed by atoms with Gasteiger partial charge in [-0.2, -0.15) is 0 Å². The predicted octanol–water partition coefficient (Wildman–Crippen LogP) is 1.05. The van der Waals surface area contributed by atoms with Crippen LogP contribution in [0.15, 0.2) is 0 Å². The fourth-order valence-electron chi connectivity index (χ4n) is 1.38. The van der Waals surface area contributed by atoms with Crippen LogP contribution >= 0.6 is 0 Å². The zero-order chi connectivity index (χ0) is 9.45. The zero-order valence-corrected chi connectivity index (χ0v) is 13.4. The maximum atomic E-state index is 4.24. The third-order valence-electron chi connectivity index (χ3n) is 2.21. The molecule has 0 aliphatic rings. The molecule has 0 amide bonds. The summed E-state index contributed by atoms with van der Waals surface area (Å²) in [4.78, 5) is 0. The van der Waals surface area contributed by atoms with Gasteiger partial charge in [0.2, 0.25) is 0 Å². The van der Waals surface area contributed by atoms with Gasteiger partial charge in [-0.1, -0.05) is 64.6 Å². The molecular formula is C11H25ClMgSi. The van der Waals surface area contributed by atoms with Crippen LogP contribution in [-0.2, 0) is 0 Å². The van der Waals surface area contributed by atoms with Gasteiger partial charge in [0, 0.05) is 0 Å². The molecule has 0 fully saturated rings. The van der Waals surface area contributed by atoms with Gasteiger partial charge in [-0.3, -0.25) is 0 Å². The second-order valence-electron chi connectivity index (χ2n) is 4.68. The Bertz CT molecular complexity index is 102. The van der Waals surface area contributed by atoms with Crippen molar-refractivity contribution in [1.82, 2.24) is 0 Å². The Kier molecular flexibility index (Phi) is 18.2. The second-order valence-corrected chi connectivity index (χ2v) is 9.51. The van der Waals surface area contributed by atoms with Crippen LogP contribution in [0.1, 0.15) is 45.4 Å². The van der Waals surface area contributed by atoms with Crippen LogP contribution in [0, 0.1) is 6.55 Å². The van der Waals surface area contributed by atoms with E-state index in [-0.39, 0.29) is 35.5 Å². The normalized spacial score (nSPS) is 10.3. The van der Waals surface area contributed by atoms with Crippen LogP contribution in [0.4, 0.5) is 0 Å². The molecule has 0 nitrogen and oxygen atoms in total. The second kappa shape index (κ2) is 12.3. The summed E-state index contributed by atoms with van der Waals surface area (Å²) in [5.41, 5.74) is 0. The van der Waals surface area contributed by atoms with E-state index < -0.39 is 8.07 Å². The third kappa shape index (κ3) is 18.9. The van der Waals surface area contributed by atoms with Crippen LogP contribution < -0.4 is 12.4 Å². The van der Waals surface area contributed by atoms with Gasteiger partial charge in [0.15, 0.2) is 0 Å². The van der Waals surface area contributed by atoms with E-state index in [0.717, 1.165) is 0 Å². The van der Waals surface area contributed by atoms with Crippen LogP contribution in [0.5, 0.6) is 0 Å². The van der Waals surface area contributed by atoms with Gasteiger partial charge < -0.3 is 19.0 Å². The molecule has 14 heavy (non-hydrogen) atoms. The average molecular weight is 245 g/mol. The van der Waals surface area contributed by atoms with E-state index in [0.29, 0.717) is 0 Å². The van der Waals surface area contributed by atoms with Crippen LogP contribution in [-0.4, -0.2) is 31.1 Å². The minimum atomic E-state index is -0.976. The van der Waals surface area contributed by atoms with E-state index in [2.05, 4.69) is 26.6 Å². The van der Waals surface area contributed by atoms with Crippen LogP contribution in [0.2, 0.25) is 19.1 Å². The third-order valence-corrected chi connectivity index (χ3v) is 3.91. The first-order chi connectivity index (χ1) is 5.56. The number of halogens is 1. The van der Waals surface area contributed by atoms with Crippen molar-refractivity contribution in [3.63, 3.8) is 0 Å². The Hall–Kier alpha value is 1.27. The topological polar surface area (TPSA) is 0 Å². The number of hydrogen-bond donors (Lipinski definition) is 0. The Morgan fingerprint density at radius 1 is 0.929 bits per heavy atom. The van der Waals surface area contributed by atoms with E-state index in [4.69, 9.17) is 0 Å². The van der Waals surface area contributed by atoms with Crippen molar-refractivity contribution in [2.24, 2.45) is 0 Å². The molecule has 0 aliphatic heterocycles. The zero-order valence-electron chi connectivity index (χ0n) is 10.2. The Balaban J connectivity index is -0.000000605. The summed E-state index contributed by atoms with van der Waals surface area (Å²) in [6.07, 6.45) is 8.52. The summed E-state index contributed by atoms with van der Waals surface area (Å²) < 4.78 is 0. The molecule has 0 aliphatic carbocycles. The molecule has 3 heteroatoms. The van der Waals surface area contributed by atoms with Crippen molar-refractivity contribution in [3.05, 3.63) is 6.55 Å². The van der Waals surface area contributed by atoms with Crippen molar-refractivity contribution >= 4 is 31.1 Å². The van der Waals surface area contributed by atoms with Gasteiger partial charge in [0.25, 0.3) is 0 Å². The maximum Gasteiger partial charge on any atom is 2.00 e. The van der Waals surface area contributed by atoms with Gasteiger partial charge >= 0.3 is 23.1 Å². The van der Waals surface area contributed by atoms with Crippen molar-refractivity contribution in [2.75, 3.05) is 0 Å². The fourth-order valence-corrected chi connectivity index (χ4v) is 2.59. The van der Waals surface area contributed by atoms with E-state index in [1.807, 2.05) is 0 Å². The molecule has 0 aromatic rings. The first-order valence-electron chi connectivity index (χ1n) is 5.41. The maximum absolute atomic E-state index is 4.24. The van der Waals surface area contributed by atoms with E-state index in [9.17, 15) is 0 Å². The van der Waals surface area contributed by atoms with Crippen molar-refractivity contribution in [1.29, 1.82) is 0 Å². The van der Waals surface area contributed by atoms with E-state index >= 15 is 0 Å². The summed E-state index contributed by atoms with van der Waals surface area (Å²) in [7, 11) is -0.976. The van der Waals surface area contributed by atoms with Gasteiger partial charge in [0.05, 0.1) is 0 Å². The molecular weight excluding hydrogens is 220 g/mol. The molecule has 0 rings (SSSR count). The molecule has 0 aromatic heterocycles. The first-order valence-corrected chi connectivity index (χ1v) is 8.83. The largest absolute Gasteiger partial charge is 2.00 e. The Morgan fingerprint density at radius 2 is 1.36 bits per heavy atom. The molecule has 0 radical (unpaired) electrons. The summed E-state index contributed by atoms with van der Waals surface area (Å²) in [6.45, 7) is 11.2. The van der Waals surface area contributed by atoms with Crippen molar-refractivity contribution < 1.29 is 12.4 Å². The summed E-state index contributed by atoms with van der Waals surface area (Å²) in [5, 5.41) is 0. The molecule has 82 valence electrons. The molecule has 0 unspecified atom stereocenters. The van der Waals surface area contributed by atoms with Gasteiger partial charge in [-0.25, -0.2) is 0 Å². The molecule has 0 saturated carbocycles. The quantitative estimate of drug-likeness (QED) is 0.357. The fraction of sp³-hybridized carbons (Fsp3) is 0.909. The SMILES string of the molecule is [CH2-][Si](C)(C)CCCCCCCC.[Cl-].[Mg+2]. The van der Waals surface area contributed by atoms with Crippen molar-refractivity contribution in [2.45, 2.75) is 64.6 Å². The number of rotatable bonds is 7. The van der Waals surface area contributed by atoms with E-state index in [1.165, 1.54) is 44.6 Å². The first kappa shape index (κ1) is 20.7. The molecule has 0 aromatic carbocycles. The molecule has 0 N–H and O–H groups in total. The van der Waals surface area contributed by atoms with Gasteiger partial charge in [-0.05, 0) is 0 Å². The van der Waals surface area contributed by atoms with Gasteiger partial charge in [-0.15, -0.1) is 8.07 Å². The Labute approximate surface area is 114 Å². The monoisotopic (exact) mass is 244 g/mol. The summed E-state index contributed by atoms with van der Waals surface area (Å²) in [6, 6.07) is 1.42. The molecule has 0 bridgehead atoms. The average Bonchev–Trinajstić information content (AvgIpc) is 1.94. The summed E-state index contributed by atoms with van der Waals surface area (Å²) in [5.74, 6) is 0. The minimum Gasteiger partial charge on any atom is -1.00 e. The molecule has 0 heterocycles. The predicted molar refractivity (Wildman–Crippen MR) is 66.8 cm³/mol. The van der Waals surface area contributed by atoms with Crippen LogP contribution in [0.25, 0.3) is 0 Å². The minimum absolute atomic E-state index is 0. The van der Waals surface area contributed by atoms with Crippen molar-refractivity contribution in [3.8, 4) is 0 Å². The Morgan fingerprint density at radius 3 is 1.79 bits per heavy atom. The number of unbranched alkanes of at least 4 members (excludes halogenated alkanes) is 5.